The summed E-state index contributed by atoms with van der Waals surface area (Å²) in [7, 11) is 0. The SMILES string of the molecule is c1ccc(C2(c3ccccc3)c3ccccc3-c3c(N(c4ccc5c(c4)-c4ccccc4-c4ccccc4-c4ccccc4-5)c4cccc5c4-c4ccccc4C5(c4ccccc4)c4ccccc4)cccc32)cc1. The Morgan fingerprint density at radius 2 is 0.480 bits per heavy atom. The number of benzene rings is 12. The minimum atomic E-state index is -0.584. The van der Waals surface area contributed by atoms with E-state index in [1.807, 2.05) is 0 Å². The first-order valence-corrected chi connectivity index (χ1v) is 26.2. The molecule has 0 atom stereocenters. The molecule has 0 N–H and O–H groups in total. The molecule has 0 fully saturated rings. The summed E-state index contributed by atoms with van der Waals surface area (Å²) in [5.74, 6) is 0. The van der Waals surface area contributed by atoms with Crippen molar-refractivity contribution in [2.75, 3.05) is 4.90 Å². The monoisotopic (exact) mass is 951 g/mol. The molecule has 0 radical (unpaired) electrons. The molecule has 350 valence electrons. The summed E-state index contributed by atoms with van der Waals surface area (Å²) in [5.41, 5.74) is 26.9. The lowest BCUT2D eigenvalue weighted by Gasteiger charge is -2.35. The van der Waals surface area contributed by atoms with Gasteiger partial charge in [-0.3, -0.25) is 0 Å². The molecular formula is C74H49N. The lowest BCUT2D eigenvalue weighted by molar-refractivity contribution is 0.768. The molecular weight excluding hydrogens is 903 g/mol. The third-order valence-corrected chi connectivity index (χ3v) is 16.6. The van der Waals surface area contributed by atoms with E-state index in [4.69, 9.17) is 0 Å². The Kier molecular flexibility index (Phi) is 9.77. The van der Waals surface area contributed by atoms with Crippen molar-refractivity contribution < 1.29 is 0 Å². The third-order valence-electron chi connectivity index (χ3n) is 16.6. The molecule has 0 spiro atoms. The summed E-state index contributed by atoms with van der Waals surface area (Å²) >= 11 is 0. The van der Waals surface area contributed by atoms with Crippen LogP contribution in [0.2, 0.25) is 0 Å². The van der Waals surface area contributed by atoms with Crippen LogP contribution in [0.5, 0.6) is 0 Å². The normalized spacial score (nSPS) is 13.5. The number of fused-ring (bicyclic) bond motifs is 14. The van der Waals surface area contributed by atoms with Gasteiger partial charge in [0.15, 0.2) is 0 Å². The molecule has 0 aromatic heterocycles. The molecule has 0 heterocycles. The Hall–Kier alpha value is -9.56. The van der Waals surface area contributed by atoms with E-state index in [2.05, 4.69) is 302 Å². The average molecular weight is 952 g/mol. The van der Waals surface area contributed by atoms with Crippen LogP contribution in [0.15, 0.2) is 297 Å². The minimum Gasteiger partial charge on any atom is -0.309 e. The van der Waals surface area contributed by atoms with Gasteiger partial charge in [0.25, 0.3) is 0 Å². The van der Waals surface area contributed by atoms with E-state index in [1.54, 1.807) is 0 Å². The van der Waals surface area contributed by atoms with Crippen molar-refractivity contribution in [1.29, 1.82) is 0 Å². The Labute approximate surface area is 439 Å². The van der Waals surface area contributed by atoms with Crippen molar-refractivity contribution in [2.24, 2.45) is 0 Å². The lowest BCUT2D eigenvalue weighted by Crippen LogP contribution is -2.28. The number of hydrogen-bond acceptors (Lipinski definition) is 1. The summed E-state index contributed by atoms with van der Waals surface area (Å²) < 4.78 is 0. The van der Waals surface area contributed by atoms with Crippen LogP contribution in [-0.4, -0.2) is 0 Å². The highest BCUT2D eigenvalue weighted by molar-refractivity contribution is 6.07. The van der Waals surface area contributed by atoms with Gasteiger partial charge >= 0.3 is 0 Å². The Morgan fingerprint density at radius 3 is 0.840 bits per heavy atom. The number of nitrogens with zero attached hydrogens (tertiary/aromatic N) is 1. The summed E-state index contributed by atoms with van der Waals surface area (Å²) in [6.45, 7) is 0. The van der Waals surface area contributed by atoms with Crippen LogP contribution in [0.4, 0.5) is 17.1 Å². The van der Waals surface area contributed by atoms with E-state index in [1.165, 1.54) is 111 Å². The van der Waals surface area contributed by atoms with Crippen molar-refractivity contribution in [1.82, 2.24) is 0 Å². The molecule has 0 saturated carbocycles. The second-order valence-corrected chi connectivity index (χ2v) is 20.2. The zero-order valence-corrected chi connectivity index (χ0v) is 41.2. The summed E-state index contributed by atoms with van der Waals surface area (Å²) in [6, 6.07) is 111. The standard InChI is InChI=1S/C74H49N/c1-5-25-50(26-6-1)73(51-27-7-2-8-28-51)65-41-21-19-39-62(65)71-67(73)43-23-45-69(71)75(54-47-48-61-59-37-16-15-35-57(59)55-33-13-14-34-56(55)58-36-17-18-38-60(58)64(61)49-54)70-46-24-44-68-72(70)63-40-20-22-42-66(63)74(68,52-29-9-3-10-30-52)53-31-11-4-12-32-53/h1-49H. The van der Waals surface area contributed by atoms with E-state index >= 15 is 0 Å². The van der Waals surface area contributed by atoms with Gasteiger partial charge in [-0.05, 0) is 124 Å². The third kappa shape index (κ3) is 6.13. The van der Waals surface area contributed by atoms with Crippen LogP contribution in [-0.2, 0) is 10.8 Å². The van der Waals surface area contributed by atoms with E-state index in [9.17, 15) is 0 Å². The summed E-state index contributed by atoms with van der Waals surface area (Å²) in [5, 5.41) is 0. The van der Waals surface area contributed by atoms with Crippen molar-refractivity contribution in [2.45, 2.75) is 10.8 Å². The fourth-order valence-corrected chi connectivity index (χ4v) is 13.7. The van der Waals surface area contributed by atoms with E-state index in [-0.39, 0.29) is 0 Å². The first-order valence-electron chi connectivity index (χ1n) is 26.2. The number of hydrogen-bond donors (Lipinski definition) is 0. The molecule has 0 bridgehead atoms. The largest absolute Gasteiger partial charge is 0.309 e. The van der Waals surface area contributed by atoms with Gasteiger partial charge in [0.05, 0.1) is 22.2 Å². The first kappa shape index (κ1) is 43.1. The quantitative estimate of drug-likeness (QED) is 0.154. The smallest absolute Gasteiger partial charge is 0.0714 e. The summed E-state index contributed by atoms with van der Waals surface area (Å²) in [6.07, 6.45) is 0. The first-order chi connectivity index (χ1) is 37.3. The molecule has 0 amide bonds. The predicted octanol–water partition coefficient (Wildman–Crippen LogP) is 18.9. The van der Waals surface area contributed by atoms with E-state index < -0.39 is 10.8 Å². The highest BCUT2D eigenvalue weighted by Crippen LogP contribution is 2.63. The molecule has 12 aromatic carbocycles. The van der Waals surface area contributed by atoms with Crippen LogP contribution in [0.25, 0.3) is 66.8 Å². The molecule has 3 aliphatic carbocycles. The van der Waals surface area contributed by atoms with Gasteiger partial charge in [0, 0.05) is 16.8 Å². The number of anilines is 3. The van der Waals surface area contributed by atoms with Gasteiger partial charge in [0.1, 0.15) is 0 Å². The van der Waals surface area contributed by atoms with Gasteiger partial charge in [-0.15, -0.1) is 0 Å². The van der Waals surface area contributed by atoms with Crippen molar-refractivity contribution >= 4 is 17.1 Å². The Balaban J connectivity index is 1.08. The van der Waals surface area contributed by atoms with Crippen molar-refractivity contribution in [3.63, 3.8) is 0 Å². The molecule has 1 heteroatoms. The van der Waals surface area contributed by atoms with Crippen molar-refractivity contribution in [3.8, 4) is 66.8 Å². The van der Waals surface area contributed by atoms with Crippen LogP contribution in [0.3, 0.4) is 0 Å². The minimum absolute atomic E-state index is 0.584. The highest BCUT2D eigenvalue weighted by Gasteiger charge is 2.50. The average Bonchev–Trinajstić information content (AvgIpc) is 3.99. The Bertz CT molecular complexity index is 3910. The van der Waals surface area contributed by atoms with E-state index in [0.717, 1.165) is 17.1 Å². The Morgan fingerprint density at radius 1 is 0.200 bits per heavy atom. The topological polar surface area (TPSA) is 3.24 Å². The second kappa shape index (κ2) is 17.0. The van der Waals surface area contributed by atoms with Crippen LogP contribution < -0.4 is 4.90 Å². The zero-order valence-electron chi connectivity index (χ0n) is 41.2. The molecule has 0 unspecified atom stereocenters. The van der Waals surface area contributed by atoms with E-state index in [0.29, 0.717) is 0 Å². The van der Waals surface area contributed by atoms with Gasteiger partial charge in [-0.1, -0.05) is 273 Å². The van der Waals surface area contributed by atoms with Gasteiger partial charge in [0.2, 0.25) is 0 Å². The summed E-state index contributed by atoms with van der Waals surface area (Å²) in [4.78, 5) is 2.62. The van der Waals surface area contributed by atoms with Gasteiger partial charge in [-0.25, -0.2) is 0 Å². The highest BCUT2D eigenvalue weighted by atomic mass is 15.1. The number of rotatable bonds is 7. The van der Waals surface area contributed by atoms with Crippen LogP contribution >= 0.6 is 0 Å². The second-order valence-electron chi connectivity index (χ2n) is 20.2. The molecule has 0 saturated heterocycles. The zero-order chi connectivity index (χ0) is 49.5. The maximum atomic E-state index is 2.62. The molecule has 3 aliphatic rings. The predicted molar refractivity (Wildman–Crippen MR) is 311 cm³/mol. The fraction of sp³-hybridized carbons (Fsp3) is 0.0270. The van der Waals surface area contributed by atoms with Gasteiger partial charge < -0.3 is 4.90 Å². The molecule has 75 heavy (non-hydrogen) atoms. The lowest BCUT2D eigenvalue weighted by atomic mass is 9.67. The molecule has 12 aromatic rings. The maximum absolute atomic E-state index is 2.62. The molecule has 15 rings (SSSR count). The maximum Gasteiger partial charge on any atom is 0.0714 e. The fourth-order valence-electron chi connectivity index (χ4n) is 13.7. The molecule has 1 nitrogen and oxygen atoms in total. The van der Waals surface area contributed by atoms with Crippen molar-refractivity contribution in [3.05, 3.63) is 342 Å². The van der Waals surface area contributed by atoms with Crippen LogP contribution in [0, 0.1) is 0 Å². The molecule has 0 aliphatic heterocycles. The van der Waals surface area contributed by atoms with Crippen LogP contribution in [0.1, 0.15) is 44.5 Å². The van der Waals surface area contributed by atoms with Gasteiger partial charge in [-0.2, -0.15) is 0 Å².